The van der Waals surface area contributed by atoms with Crippen LogP contribution in [0.2, 0.25) is 0 Å². The Hall–Kier alpha value is -0.530. The Labute approximate surface area is 79.3 Å². The van der Waals surface area contributed by atoms with Crippen molar-refractivity contribution in [1.82, 2.24) is 0 Å². The van der Waals surface area contributed by atoms with Gasteiger partial charge in [0.05, 0.1) is 5.92 Å². The van der Waals surface area contributed by atoms with Crippen molar-refractivity contribution in [2.24, 2.45) is 29.1 Å². The van der Waals surface area contributed by atoms with Gasteiger partial charge < -0.3 is 5.11 Å². The van der Waals surface area contributed by atoms with Gasteiger partial charge in [-0.1, -0.05) is 20.8 Å². The predicted octanol–water partition coefficient (Wildman–Crippen LogP) is 2.39. The van der Waals surface area contributed by atoms with Crippen molar-refractivity contribution < 1.29 is 9.90 Å². The van der Waals surface area contributed by atoms with Crippen LogP contribution in [0.5, 0.6) is 0 Å². The van der Waals surface area contributed by atoms with E-state index in [0.29, 0.717) is 23.2 Å². The summed E-state index contributed by atoms with van der Waals surface area (Å²) in [7, 11) is 0. The van der Waals surface area contributed by atoms with Gasteiger partial charge in [0.1, 0.15) is 0 Å². The molecule has 0 aromatic heterocycles. The molecule has 0 saturated heterocycles. The fraction of sp³-hybridized carbons (Fsp3) is 0.909. The Morgan fingerprint density at radius 1 is 1.38 bits per heavy atom. The Bertz CT molecular complexity index is 244. The zero-order valence-corrected chi connectivity index (χ0v) is 8.58. The summed E-state index contributed by atoms with van der Waals surface area (Å²) in [5.41, 5.74) is 0.408. The van der Waals surface area contributed by atoms with Gasteiger partial charge in [-0.05, 0) is 36.0 Å². The average molecular weight is 182 g/mol. The lowest BCUT2D eigenvalue weighted by Crippen LogP contribution is -2.56. The van der Waals surface area contributed by atoms with Crippen molar-refractivity contribution >= 4 is 5.97 Å². The van der Waals surface area contributed by atoms with Gasteiger partial charge in [0.2, 0.25) is 0 Å². The molecule has 0 spiro atoms. The molecule has 3 aliphatic carbocycles. The van der Waals surface area contributed by atoms with E-state index >= 15 is 0 Å². The minimum absolute atomic E-state index is 0.0724. The molecule has 0 unspecified atom stereocenters. The van der Waals surface area contributed by atoms with Gasteiger partial charge in [-0.2, -0.15) is 0 Å². The molecular weight excluding hydrogens is 164 g/mol. The molecule has 4 atom stereocenters. The van der Waals surface area contributed by atoms with Gasteiger partial charge in [0.15, 0.2) is 0 Å². The van der Waals surface area contributed by atoms with E-state index in [1.165, 1.54) is 6.42 Å². The first kappa shape index (κ1) is 9.04. The first-order chi connectivity index (χ1) is 5.94. The number of hydrogen-bond acceptors (Lipinski definition) is 1. The normalized spacial score (nSPS) is 46.7. The van der Waals surface area contributed by atoms with Crippen molar-refractivity contribution in [3.05, 3.63) is 0 Å². The molecule has 3 rings (SSSR count). The maximum Gasteiger partial charge on any atom is 0.306 e. The number of aliphatic carboxylic acids is 1. The van der Waals surface area contributed by atoms with Crippen LogP contribution in [0.25, 0.3) is 0 Å². The van der Waals surface area contributed by atoms with E-state index in [4.69, 9.17) is 5.11 Å². The first-order valence-electron chi connectivity index (χ1n) is 5.17. The maximum atomic E-state index is 10.9. The molecule has 0 aliphatic heterocycles. The molecule has 3 saturated carbocycles. The lowest BCUT2D eigenvalue weighted by Gasteiger charge is -2.61. The molecule has 74 valence electrons. The Morgan fingerprint density at radius 2 is 2.00 bits per heavy atom. The van der Waals surface area contributed by atoms with E-state index in [1.54, 1.807) is 0 Å². The molecule has 2 bridgehead atoms. The summed E-state index contributed by atoms with van der Waals surface area (Å²) in [4.78, 5) is 10.9. The summed E-state index contributed by atoms with van der Waals surface area (Å²) in [5.74, 6) is 1.02. The third-order valence-electron chi connectivity index (χ3n) is 4.67. The zero-order valence-electron chi connectivity index (χ0n) is 8.58. The highest BCUT2D eigenvalue weighted by molar-refractivity contribution is 5.70. The first-order valence-corrected chi connectivity index (χ1v) is 5.17. The van der Waals surface area contributed by atoms with Crippen LogP contribution in [0, 0.1) is 29.1 Å². The zero-order chi connectivity index (χ0) is 9.80. The summed E-state index contributed by atoms with van der Waals surface area (Å²) in [6.45, 7) is 6.70. The topological polar surface area (TPSA) is 37.3 Å². The van der Waals surface area contributed by atoms with E-state index in [-0.39, 0.29) is 5.92 Å². The van der Waals surface area contributed by atoms with Crippen molar-refractivity contribution in [2.45, 2.75) is 33.6 Å². The van der Waals surface area contributed by atoms with Crippen molar-refractivity contribution in [2.75, 3.05) is 0 Å². The van der Waals surface area contributed by atoms with Gasteiger partial charge in [-0.3, -0.25) is 4.79 Å². The molecule has 0 radical (unpaired) electrons. The monoisotopic (exact) mass is 182 g/mol. The summed E-state index contributed by atoms with van der Waals surface area (Å²) in [5, 5.41) is 9.02. The van der Waals surface area contributed by atoms with E-state index in [9.17, 15) is 4.79 Å². The number of carbonyl (C=O) groups is 1. The number of hydrogen-bond donors (Lipinski definition) is 1. The number of carboxylic acid groups (broad SMARTS) is 1. The third-order valence-corrected chi connectivity index (χ3v) is 4.67. The standard InChI is InChI=1S/C11H18O2/c1-6-8(10(12)13)4-7-5-9(6)11(7,2)3/h6-9H,4-5H2,1-3H3,(H,12,13)/t6-,7-,8+,9+/m1/s1. The fourth-order valence-electron chi connectivity index (χ4n) is 3.48. The van der Waals surface area contributed by atoms with Gasteiger partial charge >= 0.3 is 5.97 Å². The number of fused-ring (bicyclic) bond motifs is 2. The Morgan fingerprint density at radius 3 is 2.38 bits per heavy atom. The molecule has 1 N–H and O–H groups in total. The number of rotatable bonds is 1. The third kappa shape index (κ3) is 1.04. The van der Waals surface area contributed by atoms with E-state index in [2.05, 4.69) is 20.8 Å². The van der Waals surface area contributed by atoms with E-state index in [1.807, 2.05) is 0 Å². The van der Waals surface area contributed by atoms with Crippen molar-refractivity contribution in [1.29, 1.82) is 0 Å². The highest BCUT2D eigenvalue weighted by Gasteiger charge is 2.57. The van der Waals surface area contributed by atoms with Crippen LogP contribution in [0.15, 0.2) is 0 Å². The largest absolute Gasteiger partial charge is 0.481 e. The fourth-order valence-corrected chi connectivity index (χ4v) is 3.48. The maximum absolute atomic E-state index is 10.9. The second kappa shape index (κ2) is 2.49. The van der Waals surface area contributed by atoms with Crippen LogP contribution in [-0.2, 0) is 4.79 Å². The molecule has 0 amide bonds. The number of carboxylic acids is 1. The van der Waals surface area contributed by atoms with Crippen LogP contribution >= 0.6 is 0 Å². The molecule has 0 aromatic carbocycles. The Kier molecular flexibility index (Phi) is 1.73. The van der Waals surface area contributed by atoms with Crippen LogP contribution < -0.4 is 0 Å². The molecule has 2 nitrogen and oxygen atoms in total. The van der Waals surface area contributed by atoms with E-state index < -0.39 is 5.97 Å². The summed E-state index contributed by atoms with van der Waals surface area (Å²) < 4.78 is 0. The Balaban J connectivity index is 2.16. The minimum Gasteiger partial charge on any atom is -0.481 e. The van der Waals surface area contributed by atoms with Crippen LogP contribution in [-0.4, -0.2) is 11.1 Å². The van der Waals surface area contributed by atoms with Crippen LogP contribution in [0.4, 0.5) is 0 Å². The molecule has 13 heavy (non-hydrogen) atoms. The predicted molar refractivity (Wildman–Crippen MR) is 50.3 cm³/mol. The molecule has 0 heterocycles. The van der Waals surface area contributed by atoms with Gasteiger partial charge in [-0.15, -0.1) is 0 Å². The van der Waals surface area contributed by atoms with Crippen molar-refractivity contribution in [3.8, 4) is 0 Å². The van der Waals surface area contributed by atoms with Gasteiger partial charge in [-0.25, -0.2) is 0 Å². The van der Waals surface area contributed by atoms with Gasteiger partial charge in [0, 0.05) is 0 Å². The van der Waals surface area contributed by atoms with Crippen molar-refractivity contribution in [3.63, 3.8) is 0 Å². The smallest absolute Gasteiger partial charge is 0.306 e. The summed E-state index contributed by atoms with van der Waals surface area (Å²) in [6.07, 6.45) is 2.16. The van der Waals surface area contributed by atoms with E-state index in [0.717, 1.165) is 6.42 Å². The summed E-state index contributed by atoms with van der Waals surface area (Å²) >= 11 is 0. The quantitative estimate of drug-likeness (QED) is 0.676. The van der Waals surface area contributed by atoms with Crippen LogP contribution in [0.3, 0.4) is 0 Å². The van der Waals surface area contributed by atoms with Crippen LogP contribution in [0.1, 0.15) is 33.6 Å². The summed E-state index contributed by atoms with van der Waals surface area (Å²) in [6, 6.07) is 0. The second-order valence-electron chi connectivity index (χ2n) is 5.40. The average Bonchev–Trinajstić information content (AvgIpc) is 2.02. The molecule has 3 aliphatic rings. The van der Waals surface area contributed by atoms with Gasteiger partial charge in [0.25, 0.3) is 0 Å². The lowest BCUT2D eigenvalue weighted by atomic mass is 9.43. The highest BCUT2D eigenvalue weighted by atomic mass is 16.4. The molecule has 2 heteroatoms. The lowest BCUT2D eigenvalue weighted by molar-refractivity contribution is -0.167. The minimum atomic E-state index is -0.585. The SMILES string of the molecule is C[C@@H]1[C@@H](C(=O)O)C[C@@H]2C[C@@H]1C2(C)C. The molecule has 0 aromatic rings. The second-order valence-corrected chi connectivity index (χ2v) is 5.40. The molecule has 3 fully saturated rings. The highest BCUT2D eigenvalue weighted by Crippen LogP contribution is 2.62. The molecular formula is C11H18O2.